The van der Waals surface area contributed by atoms with Crippen LogP contribution in [0.5, 0.6) is 0 Å². The average Bonchev–Trinajstić information content (AvgIpc) is 2.28. The Kier molecular flexibility index (Phi) is 5.58. The number of hydrogen-bond donors (Lipinski definition) is 1. The molecule has 1 aromatic carbocycles. The molecular weight excluding hydrogens is 306 g/mol. The predicted octanol–water partition coefficient (Wildman–Crippen LogP) is 1.68. The maximum atomic E-state index is 12.0. The number of halogens is 1. The molecule has 0 amide bonds. The first-order valence-electron chi connectivity index (χ1n) is 5.13. The van der Waals surface area contributed by atoms with Crippen LogP contribution in [0.3, 0.4) is 0 Å². The summed E-state index contributed by atoms with van der Waals surface area (Å²) in [5, 5.41) is 0.506. The number of methoxy groups -OCH3 is 1. The second-order valence-corrected chi connectivity index (χ2v) is 6.11. The van der Waals surface area contributed by atoms with Crippen molar-refractivity contribution in [2.24, 2.45) is 0 Å². The summed E-state index contributed by atoms with van der Waals surface area (Å²) >= 11 is 3.25. The largest absolute Gasteiger partial charge is 0.383 e. The van der Waals surface area contributed by atoms with Gasteiger partial charge in [0.05, 0.1) is 17.5 Å². The molecule has 0 aliphatic carbocycles. The van der Waals surface area contributed by atoms with E-state index in [1.807, 2.05) is 13.0 Å². The summed E-state index contributed by atoms with van der Waals surface area (Å²) < 4.78 is 31.6. The van der Waals surface area contributed by atoms with Crippen LogP contribution in [0.4, 0.5) is 0 Å². The zero-order valence-corrected chi connectivity index (χ0v) is 12.2. The third-order valence-electron chi connectivity index (χ3n) is 2.18. The first kappa shape index (κ1) is 14.6. The molecule has 0 spiro atoms. The second-order valence-electron chi connectivity index (χ2n) is 3.74. The van der Waals surface area contributed by atoms with Gasteiger partial charge in [0.25, 0.3) is 0 Å². The third kappa shape index (κ3) is 4.39. The number of sulfonamides is 1. The van der Waals surface area contributed by atoms with E-state index in [1.54, 1.807) is 18.2 Å². The lowest BCUT2D eigenvalue weighted by Crippen LogP contribution is -2.39. The first-order chi connectivity index (χ1) is 7.99. The Labute approximate surface area is 111 Å². The molecule has 1 atom stereocenters. The van der Waals surface area contributed by atoms with Gasteiger partial charge in [-0.2, -0.15) is 0 Å². The molecule has 0 bridgehead atoms. The van der Waals surface area contributed by atoms with Gasteiger partial charge < -0.3 is 4.74 Å². The highest BCUT2D eigenvalue weighted by Gasteiger charge is 2.19. The molecule has 0 fully saturated rings. The van der Waals surface area contributed by atoms with E-state index in [4.69, 9.17) is 4.74 Å². The lowest BCUT2D eigenvalue weighted by Gasteiger charge is -2.15. The fraction of sp³-hybridized carbons (Fsp3) is 0.455. The standard InChI is InChI=1S/C11H16BrNO3S/c1-9-4-3-5-11(6-9)17(14,15)13-10(7-12)8-16-2/h3-6,10,13H,7-8H2,1-2H3. The molecule has 4 nitrogen and oxygen atoms in total. The Morgan fingerprint density at radius 3 is 2.71 bits per heavy atom. The van der Waals surface area contributed by atoms with Gasteiger partial charge in [0.15, 0.2) is 0 Å². The summed E-state index contributed by atoms with van der Waals surface area (Å²) in [6.07, 6.45) is 0. The molecule has 1 aromatic rings. The Morgan fingerprint density at radius 2 is 2.18 bits per heavy atom. The van der Waals surface area contributed by atoms with Crippen LogP contribution in [0.2, 0.25) is 0 Å². The zero-order valence-electron chi connectivity index (χ0n) is 9.81. The molecule has 17 heavy (non-hydrogen) atoms. The lowest BCUT2D eigenvalue weighted by atomic mass is 10.2. The van der Waals surface area contributed by atoms with Crippen LogP contribution in [0, 0.1) is 6.92 Å². The van der Waals surface area contributed by atoms with Gasteiger partial charge >= 0.3 is 0 Å². The van der Waals surface area contributed by atoms with Crippen molar-refractivity contribution < 1.29 is 13.2 Å². The Bertz CT molecular complexity index is 462. The quantitative estimate of drug-likeness (QED) is 0.811. The van der Waals surface area contributed by atoms with Crippen LogP contribution >= 0.6 is 15.9 Å². The van der Waals surface area contributed by atoms with Crippen molar-refractivity contribution in [2.45, 2.75) is 17.9 Å². The van der Waals surface area contributed by atoms with Gasteiger partial charge in [0, 0.05) is 12.4 Å². The van der Waals surface area contributed by atoms with E-state index in [0.29, 0.717) is 11.9 Å². The summed E-state index contributed by atoms with van der Waals surface area (Å²) in [6, 6.07) is 6.53. The fourth-order valence-electron chi connectivity index (χ4n) is 1.38. The van der Waals surface area contributed by atoms with E-state index in [0.717, 1.165) is 5.56 Å². The highest BCUT2D eigenvalue weighted by atomic mass is 79.9. The van der Waals surface area contributed by atoms with Crippen LogP contribution in [0.25, 0.3) is 0 Å². The highest BCUT2D eigenvalue weighted by molar-refractivity contribution is 9.09. The number of nitrogens with one attached hydrogen (secondary N) is 1. The minimum Gasteiger partial charge on any atom is -0.383 e. The molecule has 0 aliphatic rings. The average molecular weight is 322 g/mol. The molecule has 1 unspecified atom stereocenters. The normalized spacial score (nSPS) is 13.6. The molecule has 96 valence electrons. The minimum absolute atomic E-state index is 0.273. The monoisotopic (exact) mass is 321 g/mol. The van der Waals surface area contributed by atoms with Crippen molar-refractivity contribution in [2.75, 3.05) is 19.0 Å². The van der Waals surface area contributed by atoms with Gasteiger partial charge in [-0.15, -0.1) is 0 Å². The van der Waals surface area contributed by atoms with E-state index < -0.39 is 10.0 Å². The maximum Gasteiger partial charge on any atom is 0.240 e. The number of benzene rings is 1. The van der Waals surface area contributed by atoms with E-state index in [-0.39, 0.29) is 10.9 Å². The molecule has 0 heterocycles. The molecule has 0 radical (unpaired) electrons. The van der Waals surface area contributed by atoms with Crippen molar-refractivity contribution in [3.05, 3.63) is 29.8 Å². The molecule has 0 saturated heterocycles. The minimum atomic E-state index is -3.48. The predicted molar refractivity (Wildman–Crippen MR) is 71.0 cm³/mol. The summed E-state index contributed by atoms with van der Waals surface area (Å²) in [4.78, 5) is 0.277. The van der Waals surface area contributed by atoms with Crippen LogP contribution in [-0.4, -0.2) is 33.5 Å². The zero-order chi connectivity index (χ0) is 12.9. The highest BCUT2D eigenvalue weighted by Crippen LogP contribution is 2.11. The molecule has 1 rings (SSSR count). The van der Waals surface area contributed by atoms with E-state index in [1.165, 1.54) is 7.11 Å². The van der Waals surface area contributed by atoms with Crippen LogP contribution in [0.15, 0.2) is 29.2 Å². The van der Waals surface area contributed by atoms with Gasteiger partial charge in [0.1, 0.15) is 0 Å². The summed E-state index contributed by atoms with van der Waals surface area (Å²) in [6.45, 7) is 2.19. The Hall–Kier alpha value is -0.430. The number of alkyl halides is 1. The third-order valence-corrected chi connectivity index (χ3v) is 4.48. The molecule has 0 aromatic heterocycles. The van der Waals surface area contributed by atoms with Crippen molar-refractivity contribution in [3.63, 3.8) is 0 Å². The molecular formula is C11H16BrNO3S. The smallest absolute Gasteiger partial charge is 0.240 e. The number of rotatable bonds is 6. The van der Waals surface area contributed by atoms with Gasteiger partial charge in [-0.3, -0.25) is 0 Å². The van der Waals surface area contributed by atoms with Crippen molar-refractivity contribution in [1.29, 1.82) is 0 Å². The molecule has 1 N–H and O–H groups in total. The molecule has 0 aliphatic heterocycles. The lowest BCUT2D eigenvalue weighted by molar-refractivity contribution is 0.182. The van der Waals surface area contributed by atoms with Gasteiger partial charge in [-0.1, -0.05) is 28.1 Å². The van der Waals surface area contributed by atoms with Gasteiger partial charge in [0.2, 0.25) is 10.0 Å². The van der Waals surface area contributed by atoms with Crippen molar-refractivity contribution in [3.8, 4) is 0 Å². The fourth-order valence-corrected chi connectivity index (χ4v) is 3.27. The summed E-state index contributed by atoms with van der Waals surface area (Å²) in [7, 11) is -1.94. The molecule has 0 saturated carbocycles. The van der Waals surface area contributed by atoms with E-state index >= 15 is 0 Å². The Balaban J connectivity index is 2.88. The van der Waals surface area contributed by atoms with Crippen molar-refractivity contribution >= 4 is 26.0 Å². The van der Waals surface area contributed by atoms with Crippen LogP contribution in [0.1, 0.15) is 5.56 Å². The summed E-state index contributed by atoms with van der Waals surface area (Å²) in [5.74, 6) is 0. The number of ether oxygens (including phenoxy) is 1. The number of hydrogen-bond acceptors (Lipinski definition) is 3. The number of aryl methyl sites for hydroxylation is 1. The molecule has 6 heteroatoms. The first-order valence-corrected chi connectivity index (χ1v) is 7.74. The van der Waals surface area contributed by atoms with Crippen molar-refractivity contribution in [1.82, 2.24) is 4.72 Å². The Morgan fingerprint density at radius 1 is 1.47 bits per heavy atom. The topological polar surface area (TPSA) is 55.4 Å². The SMILES string of the molecule is COCC(CBr)NS(=O)(=O)c1cccc(C)c1. The second kappa shape index (κ2) is 6.49. The van der Waals surface area contributed by atoms with Crippen LogP contribution in [-0.2, 0) is 14.8 Å². The summed E-state index contributed by atoms with van der Waals surface area (Å²) in [5.41, 5.74) is 0.912. The van der Waals surface area contributed by atoms with E-state index in [9.17, 15) is 8.42 Å². The van der Waals surface area contributed by atoms with E-state index in [2.05, 4.69) is 20.7 Å². The van der Waals surface area contributed by atoms with Gasteiger partial charge in [-0.05, 0) is 24.6 Å². The van der Waals surface area contributed by atoms with Gasteiger partial charge in [-0.25, -0.2) is 13.1 Å². The van der Waals surface area contributed by atoms with Crippen LogP contribution < -0.4 is 4.72 Å². The maximum absolute atomic E-state index is 12.0.